The van der Waals surface area contributed by atoms with Crippen LogP contribution in [0.3, 0.4) is 0 Å². The monoisotopic (exact) mass is 411 g/mol. The number of nitrogens with zero attached hydrogens (tertiary/aromatic N) is 1. The van der Waals surface area contributed by atoms with E-state index < -0.39 is 5.25 Å². The van der Waals surface area contributed by atoms with Crippen LogP contribution in [-0.2, 0) is 14.3 Å². The van der Waals surface area contributed by atoms with E-state index in [-0.39, 0.29) is 24.3 Å². The zero-order valence-electron chi connectivity index (χ0n) is 13.0. The molecule has 0 aromatic heterocycles. The van der Waals surface area contributed by atoms with Gasteiger partial charge in [-0.2, -0.15) is 0 Å². The Kier molecular flexibility index (Phi) is 5.91. The van der Waals surface area contributed by atoms with Gasteiger partial charge in [0.2, 0.25) is 11.8 Å². The van der Waals surface area contributed by atoms with Crippen LogP contribution in [-0.4, -0.2) is 41.5 Å². The number of carbonyl (C=O) groups excluding carboxylic acids is 2. The molecular formula is C16H18BrN3O3S. The zero-order valence-corrected chi connectivity index (χ0v) is 15.4. The number of rotatable bonds is 5. The molecule has 2 heterocycles. The number of amides is 2. The summed E-state index contributed by atoms with van der Waals surface area (Å²) in [5.41, 5.74) is 0.707. The van der Waals surface area contributed by atoms with E-state index in [0.29, 0.717) is 17.4 Å². The Balaban J connectivity index is 1.49. The van der Waals surface area contributed by atoms with Crippen LogP contribution < -0.4 is 10.6 Å². The smallest absolute Gasteiger partial charge is 0.240 e. The SMILES string of the molecule is O=C(C[C@@H]1SC(=NC[C@@H]2CCCO2)NC1=O)Nc1ccc(Br)cc1. The van der Waals surface area contributed by atoms with Gasteiger partial charge in [-0.3, -0.25) is 14.6 Å². The van der Waals surface area contributed by atoms with Crippen molar-refractivity contribution in [3.8, 4) is 0 Å². The van der Waals surface area contributed by atoms with Gasteiger partial charge in [0, 0.05) is 23.2 Å². The van der Waals surface area contributed by atoms with Crippen LogP contribution in [0.4, 0.5) is 5.69 Å². The molecule has 2 aliphatic rings. The highest BCUT2D eigenvalue weighted by Crippen LogP contribution is 2.24. The van der Waals surface area contributed by atoms with E-state index in [0.717, 1.165) is 23.9 Å². The first-order valence-electron chi connectivity index (χ1n) is 7.79. The second-order valence-corrected chi connectivity index (χ2v) is 7.74. The van der Waals surface area contributed by atoms with Crippen LogP contribution in [0.5, 0.6) is 0 Å². The second-order valence-electron chi connectivity index (χ2n) is 5.64. The molecule has 1 aromatic carbocycles. The van der Waals surface area contributed by atoms with Gasteiger partial charge in [0.25, 0.3) is 0 Å². The molecule has 2 N–H and O–H groups in total. The average molecular weight is 412 g/mol. The van der Waals surface area contributed by atoms with Gasteiger partial charge in [-0.05, 0) is 37.1 Å². The number of halogens is 1. The van der Waals surface area contributed by atoms with E-state index in [1.54, 1.807) is 12.1 Å². The van der Waals surface area contributed by atoms with E-state index in [2.05, 4.69) is 31.6 Å². The molecular weight excluding hydrogens is 394 g/mol. The molecule has 0 unspecified atom stereocenters. The number of hydrogen-bond acceptors (Lipinski definition) is 5. The largest absolute Gasteiger partial charge is 0.376 e. The van der Waals surface area contributed by atoms with Crippen molar-refractivity contribution in [3.63, 3.8) is 0 Å². The molecule has 24 heavy (non-hydrogen) atoms. The summed E-state index contributed by atoms with van der Waals surface area (Å²) in [4.78, 5) is 28.5. The molecule has 2 fully saturated rings. The Labute approximate surface area is 152 Å². The second kappa shape index (κ2) is 8.13. The number of benzene rings is 1. The van der Waals surface area contributed by atoms with Crippen LogP contribution in [0.25, 0.3) is 0 Å². The third-order valence-corrected chi connectivity index (χ3v) is 5.39. The number of thioether (sulfide) groups is 1. The minimum absolute atomic E-state index is 0.117. The summed E-state index contributed by atoms with van der Waals surface area (Å²) < 4.78 is 6.45. The Morgan fingerprint density at radius 2 is 2.21 bits per heavy atom. The van der Waals surface area contributed by atoms with Crippen molar-refractivity contribution in [1.82, 2.24) is 5.32 Å². The van der Waals surface area contributed by atoms with Crippen molar-refractivity contribution in [1.29, 1.82) is 0 Å². The average Bonchev–Trinajstić information content (AvgIpc) is 3.18. The van der Waals surface area contributed by atoms with Crippen molar-refractivity contribution in [2.24, 2.45) is 4.99 Å². The third-order valence-electron chi connectivity index (χ3n) is 3.74. The minimum Gasteiger partial charge on any atom is -0.376 e. The van der Waals surface area contributed by atoms with Gasteiger partial charge in [0.15, 0.2) is 5.17 Å². The van der Waals surface area contributed by atoms with Gasteiger partial charge in [-0.25, -0.2) is 0 Å². The van der Waals surface area contributed by atoms with Crippen molar-refractivity contribution >= 4 is 50.4 Å². The van der Waals surface area contributed by atoms with Gasteiger partial charge >= 0.3 is 0 Å². The molecule has 128 valence electrons. The molecule has 0 bridgehead atoms. The molecule has 2 aliphatic heterocycles. The summed E-state index contributed by atoms with van der Waals surface area (Å²) in [5.74, 6) is -0.359. The quantitative estimate of drug-likeness (QED) is 0.779. The topological polar surface area (TPSA) is 79.8 Å². The van der Waals surface area contributed by atoms with Crippen LogP contribution in [0.1, 0.15) is 19.3 Å². The third kappa shape index (κ3) is 4.81. The Morgan fingerprint density at radius 3 is 2.92 bits per heavy atom. The number of aliphatic imine (C=N–C) groups is 1. The zero-order chi connectivity index (χ0) is 16.9. The molecule has 0 radical (unpaired) electrons. The first-order valence-corrected chi connectivity index (χ1v) is 9.46. The molecule has 0 spiro atoms. The van der Waals surface area contributed by atoms with Crippen molar-refractivity contribution in [2.45, 2.75) is 30.6 Å². The van der Waals surface area contributed by atoms with Crippen molar-refractivity contribution in [3.05, 3.63) is 28.7 Å². The van der Waals surface area contributed by atoms with Gasteiger partial charge in [0.05, 0.1) is 12.6 Å². The molecule has 0 saturated carbocycles. The predicted molar refractivity (Wildman–Crippen MR) is 98.2 cm³/mol. The first kappa shape index (κ1) is 17.4. The number of ether oxygens (including phenoxy) is 1. The number of carbonyl (C=O) groups is 2. The van der Waals surface area contributed by atoms with Crippen LogP contribution in [0, 0.1) is 0 Å². The van der Waals surface area contributed by atoms with E-state index in [4.69, 9.17) is 4.74 Å². The summed E-state index contributed by atoms with van der Waals surface area (Å²) in [6.07, 6.45) is 2.34. The highest BCUT2D eigenvalue weighted by molar-refractivity contribution is 9.10. The van der Waals surface area contributed by atoms with Gasteiger partial charge < -0.3 is 15.4 Å². The van der Waals surface area contributed by atoms with Crippen LogP contribution >= 0.6 is 27.7 Å². The van der Waals surface area contributed by atoms with Crippen LogP contribution in [0.2, 0.25) is 0 Å². The molecule has 8 heteroatoms. The summed E-state index contributed by atoms with van der Waals surface area (Å²) in [6, 6.07) is 7.31. The Bertz CT molecular complexity index is 644. The lowest BCUT2D eigenvalue weighted by Crippen LogP contribution is -2.28. The fourth-order valence-corrected chi connectivity index (χ4v) is 3.74. The summed E-state index contributed by atoms with van der Waals surface area (Å²) in [7, 11) is 0. The maximum absolute atomic E-state index is 12.1. The first-order chi connectivity index (χ1) is 11.6. The van der Waals surface area contributed by atoms with E-state index in [1.165, 1.54) is 11.8 Å². The standard InChI is InChI=1S/C16H18BrN3O3S/c17-10-3-5-11(6-4-10)19-14(21)8-13-15(22)20-16(24-13)18-9-12-2-1-7-23-12/h3-6,12-13H,1-2,7-9H2,(H,19,21)(H,18,20,22)/t12-,13-/m0/s1. The molecule has 2 atom stereocenters. The number of amidine groups is 1. The van der Waals surface area contributed by atoms with E-state index in [9.17, 15) is 9.59 Å². The molecule has 3 rings (SSSR count). The lowest BCUT2D eigenvalue weighted by atomic mass is 10.2. The van der Waals surface area contributed by atoms with Crippen molar-refractivity contribution < 1.29 is 14.3 Å². The maximum atomic E-state index is 12.1. The summed E-state index contributed by atoms with van der Waals surface area (Å²) in [6.45, 7) is 1.34. The highest BCUT2D eigenvalue weighted by Gasteiger charge is 2.32. The molecule has 0 aliphatic carbocycles. The predicted octanol–water partition coefficient (Wildman–Crippen LogP) is 2.54. The van der Waals surface area contributed by atoms with E-state index >= 15 is 0 Å². The van der Waals surface area contributed by atoms with Crippen molar-refractivity contribution in [2.75, 3.05) is 18.5 Å². The lowest BCUT2D eigenvalue weighted by Gasteiger charge is -2.07. The lowest BCUT2D eigenvalue weighted by molar-refractivity contribution is -0.122. The maximum Gasteiger partial charge on any atom is 0.240 e. The summed E-state index contributed by atoms with van der Waals surface area (Å²) in [5, 5.41) is 5.67. The fraction of sp³-hybridized carbons (Fsp3) is 0.438. The van der Waals surface area contributed by atoms with Crippen LogP contribution in [0.15, 0.2) is 33.7 Å². The minimum atomic E-state index is -0.441. The number of nitrogens with one attached hydrogen (secondary N) is 2. The fourth-order valence-electron chi connectivity index (χ4n) is 2.50. The summed E-state index contributed by atoms with van der Waals surface area (Å²) >= 11 is 4.65. The number of anilines is 1. The van der Waals surface area contributed by atoms with E-state index in [1.807, 2.05) is 12.1 Å². The van der Waals surface area contributed by atoms with Gasteiger partial charge in [-0.15, -0.1) is 0 Å². The number of hydrogen-bond donors (Lipinski definition) is 2. The molecule has 1 aromatic rings. The molecule has 2 amide bonds. The van der Waals surface area contributed by atoms with Gasteiger partial charge in [-0.1, -0.05) is 27.7 Å². The Hall–Kier alpha value is -1.38. The normalized spacial score (nSPS) is 25.0. The Morgan fingerprint density at radius 1 is 1.42 bits per heavy atom. The highest BCUT2D eigenvalue weighted by atomic mass is 79.9. The molecule has 6 nitrogen and oxygen atoms in total. The van der Waals surface area contributed by atoms with Gasteiger partial charge in [0.1, 0.15) is 5.25 Å². The molecule has 2 saturated heterocycles.